The van der Waals surface area contributed by atoms with Crippen molar-refractivity contribution in [1.29, 1.82) is 0 Å². The van der Waals surface area contributed by atoms with Gasteiger partial charge in [-0.25, -0.2) is 0 Å². The van der Waals surface area contributed by atoms with Gasteiger partial charge in [-0.05, 0) is 6.92 Å². The normalized spacial score (nSPS) is 11.5. The van der Waals surface area contributed by atoms with Crippen molar-refractivity contribution >= 4 is 17.7 Å². The third-order valence-electron chi connectivity index (χ3n) is 2.78. The lowest BCUT2D eigenvalue weighted by molar-refractivity contribution is -0.141. The van der Waals surface area contributed by atoms with Crippen LogP contribution in [0.3, 0.4) is 0 Å². The van der Waals surface area contributed by atoms with E-state index < -0.39 is 0 Å². The van der Waals surface area contributed by atoms with Gasteiger partial charge in [0, 0.05) is 24.4 Å². The maximum absolute atomic E-state index is 11.8. The average Bonchev–Trinajstić information content (AvgIpc) is 2.45. The molecule has 0 saturated heterocycles. The van der Waals surface area contributed by atoms with E-state index in [-0.39, 0.29) is 43.0 Å². The average molecular weight is 277 g/mol. The fraction of sp³-hybridized carbons (Fsp3) is 0.400. The predicted molar refractivity (Wildman–Crippen MR) is 74.2 cm³/mol. The molecule has 1 N–H and O–H groups in total. The van der Waals surface area contributed by atoms with Crippen LogP contribution in [-0.4, -0.2) is 30.8 Å². The van der Waals surface area contributed by atoms with Gasteiger partial charge in [0.1, 0.15) is 0 Å². The monoisotopic (exact) mass is 277 g/mol. The summed E-state index contributed by atoms with van der Waals surface area (Å²) in [7, 11) is 1.30. The van der Waals surface area contributed by atoms with Crippen LogP contribution in [0.4, 0.5) is 0 Å². The molecule has 0 unspecified atom stereocenters. The highest BCUT2D eigenvalue weighted by atomic mass is 16.5. The summed E-state index contributed by atoms with van der Waals surface area (Å²) >= 11 is 0. The molecular formula is C15H19NO4. The molecule has 1 rings (SSSR count). The molecule has 0 aromatic heterocycles. The number of benzene rings is 1. The van der Waals surface area contributed by atoms with Crippen molar-refractivity contribution in [1.82, 2.24) is 5.32 Å². The van der Waals surface area contributed by atoms with Crippen LogP contribution >= 0.6 is 0 Å². The van der Waals surface area contributed by atoms with Crippen molar-refractivity contribution in [2.24, 2.45) is 0 Å². The Hall–Kier alpha value is -2.17. The smallest absolute Gasteiger partial charge is 0.307 e. The van der Waals surface area contributed by atoms with Crippen LogP contribution in [0.1, 0.15) is 36.5 Å². The van der Waals surface area contributed by atoms with Crippen LogP contribution in [0.15, 0.2) is 30.3 Å². The molecule has 5 nitrogen and oxygen atoms in total. The topological polar surface area (TPSA) is 72.5 Å². The number of amides is 1. The Morgan fingerprint density at radius 3 is 2.40 bits per heavy atom. The second kappa shape index (κ2) is 8.09. The van der Waals surface area contributed by atoms with E-state index in [1.165, 1.54) is 7.11 Å². The van der Waals surface area contributed by atoms with Crippen molar-refractivity contribution in [2.45, 2.75) is 32.2 Å². The molecule has 0 radical (unpaired) electrons. The van der Waals surface area contributed by atoms with Gasteiger partial charge in [-0.15, -0.1) is 0 Å². The van der Waals surface area contributed by atoms with Crippen LogP contribution in [0, 0.1) is 0 Å². The summed E-state index contributed by atoms with van der Waals surface area (Å²) in [5.41, 5.74) is 0.600. The minimum Gasteiger partial charge on any atom is -0.469 e. The Bertz CT molecular complexity index is 470. The van der Waals surface area contributed by atoms with Crippen LogP contribution in [0.2, 0.25) is 0 Å². The third-order valence-corrected chi connectivity index (χ3v) is 2.78. The van der Waals surface area contributed by atoms with Crippen molar-refractivity contribution in [3.8, 4) is 0 Å². The molecule has 1 amide bonds. The molecule has 0 bridgehead atoms. The number of rotatable bonds is 7. The second-order valence-electron chi connectivity index (χ2n) is 4.54. The zero-order chi connectivity index (χ0) is 15.0. The van der Waals surface area contributed by atoms with Gasteiger partial charge in [-0.1, -0.05) is 30.3 Å². The number of Topliss-reactive ketones (excluding diaryl/α,β-unsaturated/α-hetero) is 1. The molecule has 108 valence electrons. The van der Waals surface area contributed by atoms with Crippen LogP contribution in [0.5, 0.6) is 0 Å². The number of esters is 1. The fourth-order valence-electron chi connectivity index (χ4n) is 1.73. The summed E-state index contributed by atoms with van der Waals surface area (Å²) in [6, 6.07) is 8.54. The molecule has 0 aliphatic carbocycles. The summed E-state index contributed by atoms with van der Waals surface area (Å²) < 4.78 is 4.51. The Kier molecular flexibility index (Phi) is 6.43. The number of hydrogen-bond acceptors (Lipinski definition) is 4. The SMILES string of the molecule is COC(=O)C[C@@H](C)NC(=O)CCC(=O)c1ccccc1. The maximum atomic E-state index is 11.8. The van der Waals surface area contributed by atoms with E-state index in [1.54, 1.807) is 31.2 Å². The zero-order valence-electron chi connectivity index (χ0n) is 11.7. The van der Waals surface area contributed by atoms with Crippen molar-refractivity contribution in [3.05, 3.63) is 35.9 Å². The standard InChI is InChI=1S/C15H19NO4/c1-11(10-15(19)20-2)16-14(18)9-8-13(17)12-6-4-3-5-7-12/h3-7,11H,8-10H2,1-2H3,(H,16,18)/t11-/m1/s1. The van der Waals surface area contributed by atoms with Gasteiger partial charge in [0.05, 0.1) is 13.5 Å². The molecule has 5 heteroatoms. The maximum Gasteiger partial charge on any atom is 0.307 e. The lowest BCUT2D eigenvalue weighted by atomic mass is 10.1. The van der Waals surface area contributed by atoms with Gasteiger partial charge >= 0.3 is 5.97 Å². The Morgan fingerprint density at radius 1 is 1.15 bits per heavy atom. The summed E-state index contributed by atoms with van der Waals surface area (Å²) in [6.45, 7) is 1.72. The predicted octanol–water partition coefficient (Wildman–Crippen LogP) is 1.72. The van der Waals surface area contributed by atoms with Gasteiger partial charge in [0.2, 0.25) is 5.91 Å². The van der Waals surface area contributed by atoms with Gasteiger partial charge in [-0.3, -0.25) is 14.4 Å². The molecule has 20 heavy (non-hydrogen) atoms. The minimum absolute atomic E-state index is 0.0682. The first kappa shape index (κ1) is 15.9. The van der Waals surface area contributed by atoms with E-state index in [0.29, 0.717) is 5.56 Å². The summed E-state index contributed by atoms with van der Waals surface area (Å²) in [5, 5.41) is 2.66. The van der Waals surface area contributed by atoms with E-state index >= 15 is 0 Å². The van der Waals surface area contributed by atoms with E-state index in [0.717, 1.165) is 0 Å². The molecule has 1 atom stereocenters. The highest BCUT2D eigenvalue weighted by Crippen LogP contribution is 2.05. The first-order valence-corrected chi connectivity index (χ1v) is 6.47. The number of ether oxygens (including phenoxy) is 1. The largest absolute Gasteiger partial charge is 0.469 e. The van der Waals surface area contributed by atoms with Gasteiger partial charge in [0.25, 0.3) is 0 Å². The van der Waals surface area contributed by atoms with E-state index in [9.17, 15) is 14.4 Å². The van der Waals surface area contributed by atoms with Gasteiger partial charge < -0.3 is 10.1 Å². The lowest BCUT2D eigenvalue weighted by Gasteiger charge is -2.12. The van der Waals surface area contributed by atoms with Crippen molar-refractivity contribution in [3.63, 3.8) is 0 Å². The van der Waals surface area contributed by atoms with Crippen LogP contribution in [-0.2, 0) is 14.3 Å². The molecule has 0 heterocycles. The molecule has 1 aromatic rings. The van der Waals surface area contributed by atoms with Crippen LogP contribution < -0.4 is 5.32 Å². The fourth-order valence-corrected chi connectivity index (χ4v) is 1.73. The Labute approximate surface area is 118 Å². The highest BCUT2D eigenvalue weighted by molar-refractivity contribution is 5.97. The first-order chi connectivity index (χ1) is 9.52. The minimum atomic E-state index is -0.377. The number of carbonyl (C=O) groups is 3. The number of hydrogen-bond donors (Lipinski definition) is 1. The molecule has 0 fully saturated rings. The van der Waals surface area contributed by atoms with Crippen molar-refractivity contribution in [2.75, 3.05) is 7.11 Å². The molecule has 0 spiro atoms. The number of methoxy groups -OCH3 is 1. The summed E-state index contributed by atoms with van der Waals surface area (Å²) in [4.78, 5) is 34.5. The summed E-state index contributed by atoms with van der Waals surface area (Å²) in [6.07, 6.45) is 0.384. The Morgan fingerprint density at radius 2 is 1.80 bits per heavy atom. The third kappa shape index (κ3) is 5.65. The van der Waals surface area contributed by atoms with E-state index in [2.05, 4.69) is 10.1 Å². The molecule has 0 saturated carbocycles. The second-order valence-corrected chi connectivity index (χ2v) is 4.54. The Balaban J connectivity index is 2.33. The van der Waals surface area contributed by atoms with Crippen LogP contribution in [0.25, 0.3) is 0 Å². The van der Waals surface area contributed by atoms with Gasteiger partial charge in [0.15, 0.2) is 5.78 Å². The van der Waals surface area contributed by atoms with E-state index in [1.807, 2.05) is 6.07 Å². The van der Waals surface area contributed by atoms with Crippen molar-refractivity contribution < 1.29 is 19.1 Å². The lowest BCUT2D eigenvalue weighted by Crippen LogP contribution is -2.34. The number of nitrogens with one attached hydrogen (secondary N) is 1. The zero-order valence-corrected chi connectivity index (χ0v) is 11.7. The molecular weight excluding hydrogens is 258 g/mol. The highest BCUT2D eigenvalue weighted by Gasteiger charge is 2.13. The first-order valence-electron chi connectivity index (χ1n) is 6.47. The van der Waals surface area contributed by atoms with E-state index in [4.69, 9.17) is 0 Å². The molecule has 0 aliphatic rings. The molecule has 1 aromatic carbocycles. The number of ketones is 1. The number of carbonyl (C=O) groups excluding carboxylic acids is 3. The quantitative estimate of drug-likeness (QED) is 0.608. The summed E-state index contributed by atoms with van der Waals surface area (Å²) in [5.74, 6) is -0.690. The molecule has 0 aliphatic heterocycles. The van der Waals surface area contributed by atoms with Gasteiger partial charge in [-0.2, -0.15) is 0 Å².